The Morgan fingerprint density at radius 2 is 1.92 bits per heavy atom. The van der Waals surface area contributed by atoms with Crippen LogP contribution in [0.1, 0.15) is 47.0 Å². The Labute approximate surface area is 76.5 Å². The quantitative estimate of drug-likeness (QED) is 0.628. The predicted octanol–water partition coefficient (Wildman–Crippen LogP) is 3.14. The van der Waals surface area contributed by atoms with Gasteiger partial charge < -0.3 is 5.11 Å². The number of hydrogen-bond donors (Lipinski definition) is 1. The van der Waals surface area contributed by atoms with Crippen LogP contribution >= 0.6 is 0 Å². The van der Waals surface area contributed by atoms with Gasteiger partial charge in [0.1, 0.15) is 0 Å². The van der Waals surface area contributed by atoms with Gasteiger partial charge in [-0.3, -0.25) is 0 Å². The lowest BCUT2D eigenvalue weighted by Crippen LogP contribution is -2.00. The highest BCUT2D eigenvalue weighted by Crippen LogP contribution is 2.17. The zero-order valence-corrected chi connectivity index (χ0v) is 8.80. The summed E-state index contributed by atoms with van der Waals surface area (Å²) in [5.74, 6) is 0.745. The summed E-state index contributed by atoms with van der Waals surface area (Å²) in [6, 6.07) is 0. The third-order valence-electron chi connectivity index (χ3n) is 2.24. The fraction of sp³-hybridized carbons (Fsp3) is 0.818. The standard InChI is InChI=1S/C11H22O/c1-5-9(3)7-11(6-2)8-10(4)12/h8-10,12H,5-7H2,1-4H3. The number of aliphatic hydroxyl groups excluding tert-OH is 1. The summed E-state index contributed by atoms with van der Waals surface area (Å²) in [4.78, 5) is 0. The largest absolute Gasteiger partial charge is 0.389 e. The van der Waals surface area contributed by atoms with Gasteiger partial charge in [-0.25, -0.2) is 0 Å². The molecule has 0 saturated heterocycles. The molecule has 1 N–H and O–H groups in total. The molecular weight excluding hydrogens is 148 g/mol. The van der Waals surface area contributed by atoms with Gasteiger partial charge in [0.25, 0.3) is 0 Å². The van der Waals surface area contributed by atoms with Crippen LogP contribution in [0.25, 0.3) is 0 Å². The minimum absolute atomic E-state index is 0.288. The zero-order chi connectivity index (χ0) is 9.56. The van der Waals surface area contributed by atoms with Gasteiger partial charge in [0.05, 0.1) is 6.10 Å². The van der Waals surface area contributed by atoms with Crippen LogP contribution in [0.15, 0.2) is 11.6 Å². The van der Waals surface area contributed by atoms with E-state index in [2.05, 4.69) is 20.8 Å². The molecule has 0 amide bonds. The van der Waals surface area contributed by atoms with E-state index in [1.54, 1.807) is 0 Å². The molecule has 0 aromatic heterocycles. The molecule has 0 aromatic carbocycles. The second kappa shape index (κ2) is 6.24. The molecule has 0 saturated carbocycles. The third-order valence-corrected chi connectivity index (χ3v) is 2.24. The Kier molecular flexibility index (Phi) is 6.09. The predicted molar refractivity (Wildman–Crippen MR) is 54.1 cm³/mol. The average molecular weight is 170 g/mol. The van der Waals surface area contributed by atoms with Crippen molar-refractivity contribution in [3.05, 3.63) is 11.6 Å². The maximum absolute atomic E-state index is 9.16. The molecule has 0 rings (SSSR count). The monoisotopic (exact) mass is 170 g/mol. The molecule has 0 aliphatic carbocycles. The molecule has 0 radical (unpaired) electrons. The highest BCUT2D eigenvalue weighted by molar-refractivity contribution is 5.04. The first-order valence-corrected chi connectivity index (χ1v) is 4.97. The molecule has 0 aliphatic rings. The molecule has 0 heterocycles. The lowest BCUT2D eigenvalue weighted by atomic mass is 9.96. The van der Waals surface area contributed by atoms with Crippen LogP contribution in [-0.2, 0) is 0 Å². The normalized spacial score (nSPS) is 17.6. The van der Waals surface area contributed by atoms with Crippen LogP contribution in [0.4, 0.5) is 0 Å². The van der Waals surface area contributed by atoms with Gasteiger partial charge in [-0.15, -0.1) is 0 Å². The van der Waals surface area contributed by atoms with Gasteiger partial charge in [-0.2, -0.15) is 0 Å². The Morgan fingerprint density at radius 1 is 1.33 bits per heavy atom. The van der Waals surface area contributed by atoms with Crippen molar-refractivity contribution < 1.29 is 5.11 Å². The number of allylic oxidation sites excluding steroid dienone is 1. The molecule has 0 bridgehead atoms. The highest BCUT2D eigenvalue weighted by atomic mass is 16.3. The van der Waals surface area contributed by atoms with Gasteiger partial charge in [-0.1, -0.05) is 38.8 Å². The Bertz CT molecular complexity index is 136. The van der Waals surface area contributed by atoms with Crippen molar-refractivity contribution in [2.75, 3.05) is 0 Å². The molecule has 0 aromatic rings. The first kappa shape index (κ1) is 11.7. The molecule has 0 aliphatic heterocycles. The molecule has 1 nitrogen and oxygen atoms in total. The van der Waals surface area contributed by atoms with Crippen molar-refractivity contribution in [1.29, 1.82) is 0 Å². The fourth-order valence-electron chi connectivity index (χ4n) is 1.26. The second-order valence-corrected chi connectivity index (χ2v) is 3.64. The maximum Gasteiger partial charge on any atom is 0.0695 e. The molecule has 0 spiro atoms. The number of rotatable bonds is 5. The summed E-state index contributed by atoms with van der Waals surface area (Å²) in [6.07, 6.45) is 5.11. The van der Waals surface area contributed by atoms with Crippen LogP contribution in [-0.4, -0.2) is 11.2 Å². The summed E-state index contributed by atoms with van der Waals surface area (Å²) in [5, 5.41) is 9.16. The molecule has 0 fully saturated rings. The fourth-order valence-corrected chi connectivity index (χ4v) is 1.26. The van der Waals surface area contributed by atoms with Gasteiger partial charge in [0.15, 0.2) is 0 Å². The van der Waals surface area contributed by atoms with E-state index < -0.39 is 0 Å². The Morgan fingerprint density at radius 3 is 2.25 bits per heavy atom. The SMILES string of the molecule is CCC(=CC(C)O)CC(C)CC. The minimum atomic E-state index is -0.288. The van der Waals surface area contributed by atoms with E-state index in [0.717, 1.165) is 18.8 Å². The lowest BCUT2D eigenvalue weighted by molar-refractivity contribution is 0.242. The van der Waals surface area contributed by atoms with Crippen LogP contribution in [0.3, 0.4) is 0 Å². The van der Waals surface area contributed by atoms with E-state index in [1.807, 2.05) is 13.0 Å². The molecule has 12 heavy (non-hydrogen) atoms. The van der Waals surface area contributed by atoms with Crippen LogP contribution in [0.2, 0.25) is 0 Å². The lowest BCUT2D eigenvalue weighted by Gasteiger charge is -2.11. The van der Waals surface area contributed by atoms with E-state index in [-0.39, 0.29) is 6.10 Å². The van der Waals surface area contributed by atoms with Crippen LogP contribution in [0, 0.1) is 5.92 Å². The smallest absolute Gasteiger partial charge is 0.0695 e. The molecule has 72 valence electrons. The van der Waals surface area contributed by atoms with Crippen LogP contribution in [0.5, 0.6) is 0 Å². The average Bonchev–Trinajstić information content (AvgIpc) is 2.02. The molecule has 1 heteroatoms. The topological polar surface area (TPSA) is 20.2 Å². The molecule has 2 atom stereocenters. The van der Waals surface area contributed by atoms with Crippen LogP contribution < -0.4 is 0 Å². The Balaban J connectivity index is 3.99. The number of hydrogen-bond acceptors (Lipinski definition) is 1. The van der Waals surface area contributed by atoms with Crippen molar-refractivity contribution in [2.45, 2.75) is 53.1 Å². The Hall–Kier alpha value is -0.300. The third kappa shape index (κ3) is 5.36. The minimum Gasteiger partial charge on any atom is -0.389 e. The maximum atomic E-state index is 9.16. The first-order valence-electron chi connectivity index (χ1n) is 4.97. The first-order chi connectivity index (χ1) is 5.60. The molecular formula is C11H22O. The van der Waals surface area contributed by atoms with Crippen molar-refractivity contribution in [2.24, 2.45) is 5.92 Å². The van der Waals surface area contributed by atoms with E-state index in [1.165, 1.54) is 12.0 Å². The van der Waals surface area contributed by atoms with Gasteiger partial charge >= 0.3 is 0 Å². The van der Waals surface area contributed by atoms with Gasteiger partial charge in [0.2, 0.25) is 0 Å². The number of aliphatic hydroxyl groups is 1. The van der Waals surface area contributed by atoms with E-state index in [9.17, 15) is 0 Å². The zero-order valence-electron chi connectivity index (χ0n) is 8.80. The summed E-state index contributed by atoms with van der Waals surface area (Å²) in [7, 11) is 0. The van der Waals surface area contributed by atoms with Gasteiger partial charge in [0, 0.05) is 0 Å². The van der Waals surface area contributed by atoms with Crippen molar-refractivity contribution in [3.63, 3.8) is 0 Å². The van der Waals surface area contributed by atoms with E-state index >= 15 is 0 Å². The summed E-state index contributed by atoms with van der Waals surface area (Å²) in [6.45, 7) is 8.43. The van der Waals surface area contributed by atoms with Crippen molar-refractivity contribution in [3.8, 4) is 0 Å². The highest BCUT2D eigenvalue weighted by Gasteiger charge is 2.02. The summed E-state index contributed by atoms with van der Waals surface area (Å²) < 4.78 is 0. The summed E-state index contributed by atoms with van der Waals surface area (Å²) in [5.41, 5.74) is 1.39. The van der Waals surface area contributed by atoms with Gasteiger partial charge in [-0.05, 0) is 25.7 Å². The summed E-state index contributed by atoms with van der Waals surface area (Å²) >= 11 is 0. The van der Waals surface area contributed by atoms with E-state index in [4.69, 9.17) is 5.11 Å². The van der Waals surface area contributed by atoms with E-state index in [0.29, 0.717) is 0 Å². The second-order valence-electron chi connectivity index (χ2n) is 3.64. The van der Waals surface area contributed by atoms with Crippen molar-refractivity contribution in [1.82, 2.24) is 0 Å². The molecule has 2 unspecified atom stereocenters. The van der Waals surface area contributed by atoms with Crippen molar-refractivity contribution >= 4 is 0 Å².